The molecule has 0 unspecified atom stereocenters. The van der Waals surface area contributed by atoms with E-state index in [0.717, 1.165) is 16.5 Å². The minimum atomic E-state index is -0.344. The number of fused-ring (bicyclic) bond motifs is 3. The van der Waals surface area contributed by atoms with Crippen LogP contribution in [0.2, 0.25) is 5.02 Å². The molecule has 10 heteroatoms. The van der Waals surface area contributed by atoms with E-state index in [1.165, 1.54) is 17.3 Å². The van der Waals surface area contributed by atoms with Gasteiger partial charge in [-0.2, -0.15) is 0 Å². The molecule has 5 rings (SSSR count). The highest BCUT2D eigenvalue weighted by Gasteiger charge is 2.14. The summed E-state index contributed by atoms with van der Waals surface area (Å²) in [6, 6.07) is 14.8. The van der Waals surface area contributed by atoms with Crippen LogP contribution >= 0.6 is 11.6 Å². The zero-order valence-electron chi connectivity index (χ0n) is 17.1. The van der Waals surface area contributed by atoms with E-state index in [2.05, 4.69) is 20.6 Å². The average Bonchev–Trinajstić information content (AvgIpc) is 3.44. The zero-order chi connectivity index (χ0) is 22.2. The number of hydrogen-bond donors (Lipinski definition) is 1. The summed E-state index contributed by atoms with van der Waals surface area (Å²) in [6.07, 6.45) is 3.07. The van der Waals surface area contributed by atoms with Crippen molar-refractivity contribution in [2.75, 3.05) is 6.54 Å². The Kier molecular flexibility index (Phi) is 4.95. The van der Waals surface area contributed by atoms with Gasteiger partial charge in [0.05, 0.1) is 22.6 Å². The van der Waals surface area contributed by atoms with Crippen LogP contribution < -0.4 is 11.0 Å². The van der Waals surface area contributed by atoms with E-state index in [-0.39, 0.29) is 24.7 Å². The number of nitrogens with one attached hydrogen (secondary N) is 1. The van der Waals surface area contributed by atoms with Crippen molar-refractivity contribution < 1.29 is 4.79 Å². The number of halogens is 1. The Balaban J connectivity index is 1.37. The van der Waals surface area contributed by atoms with Gasteiger partial charge < -0.3 is 5.32 Å². The minimum Gasteiger partial charge on any atom is -0.350 e. The summed E-state index contributed by atoms with van der Waals surface area (Å²) in [5, 5.41) is 16.1. The molecule has 160 valence electrons. The highest BCUT2D eigenvalue weighted by Crippen LogP contribution is 2.20. The molecule has 0 bridgehead atoms. The van der Waals surface area contributed by atoms with E-state index < -0.39 is 0 Å². The number of aryl methyl sites for hydroxylation is 1. The lowest BCUT2D eigenvalue weighted by Gasteiger charge is -2.09. The van der Waals surface area contributed by atoms with Gasteiger partial charge in [-0.1, -0.05) is 29.8 Å². The quantitative estimate of drug-likeness (QED) is 0.446. The number of hydrogen-bond acceptors (Lipinski definition) is 5. The first-order valence-corrected chi connectivity index (χ1v) is 10.3. The van der Waals surface area contributed by atoms with Gasteiger partial charge in [0.25, 0.3) is 5.91 Å². The van der Waals surface area contributed by atoms with Crippen molar-refractivity contribution in [3.63, 3.8) is 0 Å². The van der Waals surface area contributed by atoms with Gasteiger partial charge in [-0.25, -0.2) is 13.9 Å². The molecule has 0 saturated carbocycles. The Hall–Kier alpha value is -3.98. The summed E-state index contributed by atoms with van der Waals surface area (Å²) in [4.78, 5) is 25.7. The predicted molar refractivity (Wildman–Crippen MR) is 120 cm³/mol. The second-order valence-electron chi connectivity index (χ2n) is 7.34. The second-order valence-corrected chi connectivity index (χ2v) is 7.75. The van der Waals surface area contributed by atoms with E-state index in [1.807, 2.05) is 37.3 Å². The van der Waals surface area contributed by atoms with Crippen molar-refractivity contribution in [2.45, 2.75) is 13.5 Å². The number of aromatic nitrogens is 6. The molecule has 0 fully saturated rings. The van der Waals surface area contributed by atoms with Gasteiger partial charge in [0.1, 0.15) is 12.7 Å². The molecule has 9 nitrogen and oxygen atoms in total. The molecule has 0 aliphatic rings. The Morgan fingerprint density at radius 2 is 1.88 bits per heavy atom. The van der Waals surface area contributed by atoms with E-state index in [4.69, 9.17) is 11.6 Å². The molecule has 3 heterocycles. The highest BCUT2D eigenvalue weighted by atomic mass is 35.5. The number of benzene rings is 2. The number of rotatable bonds is 5. The van der Waals surface area contributed by atoms with Crippen LogP contribution in [0.1, 0.15) is 15.9 Å². The lowest BCUT2D eigenvalue weighted by molar-refractivity contribution is 0.0952. The Morgan fingerprint density at radius 3 is 2.69 bits per heavy atom. The predicted octanol–water partition coefficient (Wildman–Crippen LogP) is 2.62. The Labute approximate surface area is 186 Å². The van der Waals surface area contributed by atoms with Gasteiger partial charge in [-0.15, -0.1) is 15.3 Å². The van der Waals surface area contributed by atoms with Crippen molar-refractivity contribution >= 4 is 34.1 Å². The molecule has 32 heavy (non-hydrogen) atoms. The molecule has 0 radical (unpaired) electrons. The lowest BCUT2D eigenvalue weighted by atomic mass is 10.1. The number of amides is 1. The first kappa shape index (κ1) is 20.0. The van der Waals surface area contributed by atoms with Crippen LogP contribution in [0.4, 0.5) is 0 Å². The molecule has 5 aromatic rings. The number of carbonyl (C=O) groups excluding carboxylic acids is 1. The van der Waals surface area contributed by atoms with Gasteiger partial charge in [-0.05, 0) is 48.2 Å². The Bertz CT molecular complexity index is 1520. The molecule has 3 aromatic heterocycles. The molecule has 1 amide bonds. The monoisotopic (exact) mass is 447 g/mol. The number of nitrogens with zero attached hydrogens (tertiary/aromatic N) is 6. The normalized spacial score (nSPS) is 11.3. The van der Waals surface area contributed by atoms with Crippen molar-refractivity contribution in [3.05, 3.63) is 87.8 Å². The average molecular weight is 448 g/mol. The van der Waals surface area contributed by atoms with E-state index >= 15 is 0 Å². The van der Waals surface area contributed by atoms with Gasteiger partial charge in [-0.3, -0.25) is 9.36 Å². The largest absolute Gasteiger partial charge is 0.350 e. The van der Waals surface area contributed by atoms with Crippen molar-refractivity contribution in [1.82, 2.24) is 34.3 Å². The van der Waals surface area contributed by atoms with E-state index in [0.29, 0.717) is 21.9 Å². The standard InChI is InChI=1S/C22H18ClN7O2/c1-14-10-15-4-2-3-5-19(15)30-20(14)27-29(22(30)32)9-8-24-21(31)17-11-16(6-7-18(17)23)28-12-25-26-13-28/h2-7,10-13H,8-9H2,1H3,(H,24,31). The summed E-state index contributed by atoms with van der Waals surface area (Å²) in [5.41, 5.74) is 3.09. The molecule has 0 saturated heterocycles. The topological polar surface area (TPSA) is 99.1 Å². The van der Waals surface area contributed by atoms with Crippen molar-refractivity contribution in [3.8, 4) is 5.69 Å². The van der Waals surface area contributed by atoms with E-state index in [9.17, 15) is 9.59 Å². The highest BCUT2D eigenvalue weighted by molar-refractivity contribution is 6.33. The van der Waals surface area contributed by atoms with Crippen LogP contribution in [-0.4, -0.2) is 41.4 Å². The SMILES string of the molecule is Cc1cc2ccccc2n2c(=O)n(CCNC(=O)c3cc(-n4cnnc4)ccc3Cl)nc12. The third kappa shape index (κ3) is 3.42. The summed E-state index contributed by atoms with van der Waals surface area (Å²) < 4.78 is 4.65. The first-order chi connectivity index (χ1) is 15.5. The maximum Gasteiger partial charge on any atom is 0.350 e. The molecule has 1 N–H and O–H groups in total. The molecule has 2 aromatic carbocycles. The van der Waals surface area contributed by atoms with Crippen LogP contribution in [0.15, 0.2) is 66.0 Å². The fraction of sp³-hybridized carbons (Fsp3) is 0.136. The molecule has 0 spiro atoms. The summed E-state index contributed by atoms with van der Waals surface area (Å²) in [5.74, 6) is -0.344. The van der Waals surface area contributed by atoms with Gasteiger partial charge in [0.2, 0.25) is 0 Å². The van der Waals surface area contributed by atoms with Crippen LogP contribution in [0.3, 0.4) is 0 Å². The van der Waals surface area contributed by atoms with Crippen LogP contribution in [0, 0.1) is 6.92 Å². The molecule has 0 atom stereocenters. The maximum atomic E-state index is 13.0. The molecular weight excluding hydrogens is 430 g/mol. The first-order valence-electron chi connectivity index (χ1n) is 9.93. The third-order valence-corrected chi connectivity index (χ3v) is 5.59. The van der Waals surface area contributed by atoms with Crippen LogP contribution in [0.5, 0.6) is 0 Å². The zero-order valence-corrected chi connectivity index (χ0v) is 17.8. The van der Waals surface area contributed by atoms with Gasteiger partial charge >= 0.3 is 5.69 Å². The smallest absolute Gasteiger partial charge is 0.350 e. The summed E-state index contributed by atoms with van der Waals surface area (Å²) >= 11 is 6.23. The van der Waals surface area contributed by atoms with Crippen LogP contribution in [-0.2, 0) is 6.54 Å². The summed E-state index contributed by atoms with van der Waals surface area (Å²) in [6.45, 7) is 2.36. The third-order valence-electron chi connectivity index (χ3n) is 5.26. The van der Waals surface area contributed by atoms with E-state index in [1.54, 1.807) is 27.2 Å². The molecule has 0 aliphatic carbocycles. The van der Waals surface area contributed by atoms with Crippen molar-refractivity contribution in [1.29, 1.82) is 0 Å². The van der Waals surface area contributed by atoms with Gasteiger partial charge in [0, 0.05) is 12.2 Å². The fourth-order valence-electron chi connectivity index (χ4n) is 3.69. The Morgan fingerprint density at radius 1 is 1.09 bits per heavy atom. The molecular formula is C22H18ClN7O2. The van der Waals surface area contributed by atoms with Gasteiger partial charge in [0.15, 0.2) is 5.65 Å². The number of carbonyl (C=O) groups is 1. The minimum absolute atomic E-state index is 0.215. The number of pyridine rings is 1. The van der Waals surface area contributed by atoms with Crippen LogP contribution in [0.25, 0.3) is 22.2 Å². The fourth-order valence-corrected chi connectivity index (χ4v) is 3.89. The maximum absolute atomic E-state index is 13.0. The number of para-hydroxylation sites is 1. The molecule has 0 aliphatic heterocycles. The second kappa shape index (κ2) is 7.93. The lowest BCUT2D eigenvalue weighted by Crippen LogP contribution is -2.31. The summed E-state index contributed by atoms with van der Waals surface area (Å²) in [7, 11) is 0. The van der Waals surface area contributed by atoms with Crippen molar-refractivity contribution in [2.24, 2.45) is 0 Å².